The molecule has 0 aromatic heterocycles. The smallest absolute Gasteiger partial charge is 0.225 e. The molecule has 1 aromatic carbocycles. The van der Waals surface area contributed by atoms with E-state index in [1.165, 1.54) is 12.0 Å². The summed E-state index contributed by atoms with van der Waals surface area (Å²) in [5.74, 6) is 1.48. The van der Waals surface area contributed by atoms with Crippen molar-refractivity contribution in [2.75, 3.05) is 26.8 Å². The van der Waals surface area contributed by atoms with Crippen LogP contribution >= 0.6 is 0 Å². The third kappa shape index (κ3) is 3.38. The summed E-state index contributed by atoms with van der Waals surface area (Å²) in [6, 6.07) is 8.06. The Labute approximate surface area is 126 Å². The summed E-state index contributed by atoms with van der Waals surface area (Å²) < 4.78 is 11.1. The van der Waals surface area contributed by atoms with Gasteiger partial charge in [-0.05, 0) is 30.5 Å². The predicted octanol–water partition coefficient (Wildman–Crippen LogP) is 2.27. The number of carbonyl (C=O) groups excluding carboxylic acids is 1. The number of methoxy groups -OCH3 is 1. The molecule has 1 unspecified atom stereocenters. The molecule has 1 amide bonds. The lowest BCUT2D eigenvalue weighted by molar-refractivity contribution is -0.145. The summed E-state index contributed by atoms with van der Waals surface area (Å²) in [7, 11) is 1.68. The summed E-state index contributed by atoms with van der Waals surface area (Å²) in [4.78, 5) is 14.3. The van der Waals surface area contributed by atoms with Crippen molar-refractivity contribution in [1.82, 2.24) is 4.90 Å². The van der Waals surface area contributed by atoms with E-state index in [2.05, 4.69) is 6.07 Å². The Balaban J connectivity index is 1.59. The lowest BCUT2D eigenvalue weighted by Gasteiger charge is -2.37. The van der Waals surface area contributed by atoms with Crippen molar-refractivity contribution in [3.8, 4) is 5.75 Å². The molecule has 0 spiro atoms. The van der Waals surface area contributed by atoms with Gasteiger partial charge in [0.25, 0.3) is 0 Å². The molecule has 1 atom stereocenters. The quantitative estimate of drug-likeness (QED) is 0.853. The van der Waals surface area contributed by atoms with Crippen LogP contribution in [0, 0.1) is 5.92 Å². The van der Waals surface area contributed by atoms with Gasteiger partial charge in [0.05, 0.1) is 19.8 Å². The van der Waals surface area contributed by atoms with Crippen molar-refractivity contribution >= 4 is 5.91 Å². The van der Waals surface area contributed by atoms with E-state index in [1.54, 1.807) is 7.11 Å². The topological polar surface area (TPSA) is 38.8 Å². The molecule has 4 nitrogen and oxygen atoms in total. The second kappa shape index (κ2) is 6.48. The molecule has 3 rings (SSSR count). The van der Waals surface area contributed by atoms with Gasteiger partial charge in [0, 0.05) is 25.4 Å². The highest BCUT2D eigenvalue weighted by atomic mass is 16.5. The monoisotopic (exact) mass is 289 g/mol. The van der Waals surface area contributed by atoms with Crippen LogP contribution in [0.1, 0.15) is 24.8 Å². The zero-order chi connectivity index (χ0) is 14.7. The van der Waals surface area contributed by atoms with Gasteiger partial charge in [0.1, 0.15) is 5.75 Å². The van der Waals surface area contributed by atoms with Crippen LogP contribution in [0.3, 0.4) is 0 Å². The average Bonchev–Trinajstić information content (AvgIpc) is 2.46. The van der Waals surface area contributed by atoms with Crippen LogP contribution in [0.4, 0.5) is 0 Å². The predicted molar refractivity (Wildman–Crippen MR) is 80.4 cm³/mol. The van der Waals surface area contributed by atoms with Crippen LogP contribution in [-0.4, -0.2) is 43.7 Å². The normalized spacial score (nSPS) is 22.7. The molecule has 1 saturated heterocycles. The van der Waals surface area contributed by atoms with Crippen LogP contribution < -0.4 is 4.74 Å². The van der Waals surface area contributed by atoms with Gasteiger partial charge in [-0.25, -0.2) is 0 Å². The van der Waals surface area contributed by atoms with Gasteiger partial charge in [-0.2, -0.15) is 0 Å². The van der Waals surface area contributed by atoms with E-state index in [1.807, 2.05) is 23.1 Å². The lowest BCUT2D eigenvalue weighted by Crippen LogP contribution is -2.49. The standard InChI is InChI=1S/C17H23NO3/c1-20-15-7-2-4-13(10-15)11-16-12-18(8-9-21-16)17(19)14-5-3-6-14/h2,4,7,10,14,16H,3,5-6,8-9,11-12H2,1H3. The molecule has 0 N–H and O–H groups in total. The SMILES string of the molecule is COc1cccc(CC2CN(C(=O)C3CCC3)CCO2)c1. The maximum Gasteiger partial charge on any atom is 0.225 e. The molecule has 4 heteroatoms. The minimum Gasteiger partial charge on any atom is -0.497 e. The van der Waals surface area contributed by atoms with Crippen molar-refractivity contribution in [2.24, 2.45) is 5.92 Å². The average molecular weight is 289 g/mol. The van der Waals surface area contributed by atoms with Gasteiger partial charge < -0.3 is 14.4 Å². The molecular formula is C17H23NO3. The molecule has 114 valence electrons. The zero-order valence-electron chi connectivity index (χ0n) is 12.6. The summed E-state index contributed by atoms with van der Waals surface area (Å²) >= 11 is 0. The van der Waals surface area contributed by atoms with Crippen LogP contribution in [0.5, 0.6) is 5.75 Å². The molecule has 1 aliphatic heterocycles. The van der Waals surface area contributed by atoms with Crippen molar-refractivity contribution in [3.63, 3.8) is 0 Å². The van der Waals surface area contributed by atoms with Crippen molar-refractivity contribution in [1.29, 1.82) is 0 Å². The van der Waals surface area contributed by atoms with E-state index >= 15 is 0 Å². The first-order chi connectivity index (χ1) is 10.3. The Morgan fingerprint density at radius 2 is 2.29 bits per heavy atom. The Bertz CT molecular complexity index is 499. The van der Waals surface area contributed by atoms with Crippen molar-refractivity contribution < 1.29 is 14.3 Å². The van der Waals surface area contributed by atoms with Gasteiger partial charge in [-0.15, -0.1) is 0 Å². The van der Waals surface area contributed by atoms with Gasteiger partial charge >= 0.3 is 0 Å². The van der Waals surface area contributed by atoms with E-state index in [4.69, 9.17) is 9.47 Å². The fourth-order valence-electron chi connectivity index (χ4n) is 3.02. The third-order valence-corrected chi connectivity index (χ3v) is 4.50. The number of morpholine rings is 1. The third-order valence-electron chi connectivity index (χ3n) is 4.50. The van der Waals surface area contributed by atoms with Crippen LogP contribution in [0.25, 0.3) is 0 Å². The number of amides is 1. The van der Waals surface area contributed by atoms with E-state index in [-0.39, 0.29) is 12.0 Å². The second-order valence-corrected chi connectivity index (χ2v) is 5.96. The molecule has 0 bridgehead atoms. The molecule has 1 saturated carbocycles. The molecule has 1 aliphatic carbocycles. The summed E-state index contributed by atoms with van der Waals surface area (Å²) in [6.45, 7) is 2.10. The van der Waals surface area contributed by atoms with Gasteiger partial charge in [0.2, 0.25) is 5.91 Å². The number of hydrogen-bond donors (Lipinski definition) is 0. The zero-order valence-corrected chi connectivity index (χ0v) is 12.6. The van der Waals surface area contributed by atoms with Gasteiger partial charge in [0.15, 0.2) is 0 Å². The lowest BCUT2D eigenvalue weighted by atomic mass is 9.84. The van der Waals surface area contributed by atoms with Gasteiger partial charge in [-0.1, -0.05) is 18.6 Å². The minimum absolute atomic E-state index is 0.0925. The first kappa shape index (κ1) is 14.4. The Morgan fingerprint density at radius 1 is 1.43 bits per heavy atom. The summed E-state index contributed by atoms with van der Waals surface area (Å²) in [5.41, 5.74) is 1.19. The van der Waals surface area contributed by atoms with Crippen LogP contribution in [-0.2, 0) is 16.0 Å². The number of ether oxygens (including phenoxy) is 2. The minimum atomic E-state index is 0.0925. The summed E-state index contributed by atoms with van der Waals surface area (Å²) in [6.07, 6.45) is 4.25. The van der Waals surface area contributed by atoms with Crippen LogP contribution in [0.2, 0.25) is 0 Å². The Kier molecular flexibility index (Phi) is 4.44. The second-order valence-electron chi connectivity index (χ2n) is 5.96. The first-order valence-corrected chi connectivity index (χ1v) is 7.79. The Hall–Kier alpha value is -1.55. The van der Waals surface area contributed by atoms with Gasteiger partial charge in [-0.3, -0.25) is 4.79 Å². The highest BCUT2D eigenvalue weighted by molar-refractivity contribution is 5.79. The van der Waals surface area contributed by atoms with Crippen molar-refractivity contribution in [2.45, 2.75) is 31.8 Å². The summed E-state index contributed by atoms with van der Waals surface area (Å²) in [5, 5.41) is 0. The highest BCUT2D eigenvalue weighted by Crippen LogP contribution is 2.29. The number of benzene rings is 1. The van der Waals surface area contributed by atoms with Crippen molar-refractivity contribution in [3.05, 3.63) is 29.8 Å². The molecule has 21 heavy (non-hydrogen) atoms. The molecular weight excluding hydrogens is 266 g/mol. The number of carbonyl (C=O) groups is 1. The number of rotatable bonds is 4. The number of hydrogen-bond acceptors (Lipinski definition) is 3. The molecule has 0 radical (unpaired) electrons. The molecule has 1 heterocycles. The maximum atomic E-state index is 12.3. The molecule has 2 aliphatic rings. The fraction of sp³-hybridized carbons (Fsp3) is 0.588. The van der Waals surface area contributed by atoms with E-state index in [0.717, 1.165) is 31.6 Å². The van der Waals surface area contributed by atoms with E-state index in [9.17, 15) is 4.79 Å². The largest absolute Gasteiger partial charge is 0.497 e. The highest BCUT2D eigenvalue weighted by Gasteiger charge is 2.32. The first-order valence-electron chi connectivity index (χ1n) is 7.79. The van der Waals surface area contributed by atoms with Crippen LogP contribution in [0.15, 0.2) is 24.3 Å². The fourth-order valence-corrected chi connectivity index (χ4v) is 3.02. The molecule has 2 fully saturated rings. The van der Waals surface area contributed by atoms with E-state index in [0.29, 0.717) is 19.1 Å². The number of nitrogens with zero attached hydrogens (tertiary/aromatic N) is 1. The Morgan fingerprint density at radius 3 is 3.00 bits per heavy atom. The molecule has 1 aromatic rings. The van der Waals surface area contributed by atoms with E-state index < -0.39 is 0 Å². The maximum absolute atomic E-state index is 12.3.